The Morgan fingerprint density at radius 1 is 1.21 bits per heavy atom. The fourth-order valence-corrected chi connectivity index (χ4v) is 3.35. The van der Waals surface area contributed by atoms with Crippen molar-refractivity contribution >= 4 is 23.5 Å². The lowest BCUT2D eigenvalue weighted by Crippen LogP contribution is -2.31. The molecule has 0 bridgehead atoms. The Hall–Kier alpha value is -3.20. The smallest absolute Gasteiger partial charge is 0.271 e. The lowest BCUT2D eigenvalue weighted by atomic mass is 9.85. The molecule has 0 aromatic carbocycles. The molecule has 2 unspecified atom stereocenters. The summed E-state index contributed by atoms with van der Waals surface area (Å²) in [5, 5.41) is 11.1. The first-order valence-corrected chi connectivity index (χ1v) is 9.49. The molecule has 0 aliphatic heterocycles. The second kappa shape index (κ2) is 9.33. The van der Waals surface area contributed by atoms with Crippen molar-refractivity contribution in [2.75, 3.05) is 19.5 Å². The van der Waals surface area contributed by atoms with Gasteiger partial charge in [-0.2, -0.15) is 10.1 Å². The van der Waals surface area contributed by atoms with Gasteiger partial charge in [0.1, 0.15) is 5.82 Å². The molecule has 0 spiro atoms. The normalized spacial score (nSPS) is 19.1. The van der Waals surface area contributed by atoms with Crippen LogP contribution in [-0.2, 0) is 0 Å². The Bertz CT molecular complexity index is 902. The van der Waals surface area contributed by atoms with E-state index in [1.54, 1.807) is 18.2 Å². The molecule has 154 valence electrons. The minimum absolute atomic E-state index is 0.0214. The van der Waals surface area contributed by atoms with Crippen molar-refractivity contribution in [1.82, 2.24) is 15.2 Å². The third kappa shape index (κ3) is 5.00. The highest BCUT2D eigenvalue weighted by atomic mass is 16.5. The summed E-state index contributed by atoms with van der Waals surface area (Å²) in [5.41, 5.74) is 12.7. The maximum absolute atomic E-state index is 11.8. The molecule has 1 fully saturated rings. The van der Waals surface area contributed by atoms with Crippen LogP contribution in [-0.4, -0.2) is 41.3 Å². The maximum atomic E-state index is 11.8. The van der Waals surface area contributed by atoms with Crippen LogP contribution in [0.15, 0.2) is 24.3 Å². The predicted molar refractivity (Wildman–Crippen MR) is 110 cm³/mol. The van der Waals surface area contributed by atoms with Crippen molar-refractivity contribution in [3.05, 3.63) is 35.7 Å². The number of pyridine rings is 1. The van der Waals surface area contributed by atoms with E-state index < -0.39 is 5.91 Å². The van der Waals surface area contributed by atoms with Crippen LogP contribution in [0.25, 0.3) is 6.08 Å². The summed E-state index contributed by atoms with van der Waals surface area (Å²) in [6.45, 7) is 0. The van der Waals surface area contributed by atoms with Crippen LogP contribution >= 0.6 is 0 Å². The van der Waals surface area contributed by atoms with Gasteiger partial charge in [-0.15, -0.1) is 5.10 Å². The second-order valence-electron chi connectivity index (χ2n) is 6.90. The molecule has 5 N–H and O–H groups in total. The van der Waals surface area contributed by atoms with Crippen LogP contribution in [0.2, 0.25) is 0 Å². The molecular weight excluding hydrogens is 372 g/mol. The van der Waals surface area contributed by atoms with Gasteiger partial charge in [-0.3, -0.25) is 4.79 Å². The Kier molecular flexibility index (Phi) is 6.61. The highest BCUT2D eigenvalue weighted by molar-refractivity contribution is 5.97. The molecule has 0 radical (unpaired) electrons. The highest BCUT2D eigenvalue weighted by Gasteiger charge is 2.19. The van der Waals surface area contributed by atoms with Gasteiger partial charge < -0.3 is 26.3 Å². The van der Waals surface area contributed by atoms with E-state index in [1.165, 1.54) is 27.1 Å². The number of nitrogens with two attached hydrogens (primary N) is 2. The quantitative estimate of drug-likeness (QED) is 0.645. The number of amides is 1. The molecule has 2 aromatic heterocycles. The molecule has 3 rings (SSSR count). The van der Waals surface area contributed by atoms with E-state index in [-0.39, 0.29) is 11.7 Å². The number of carbonyl (C=O) groups excluding carboxylic acids is 1. The van der Waals surface area contributed by atoms with Crippen LogP contribution in [0.5, 0.6) is 11.6 Å². The zero-order valence-corrected chi connectivity index (χ0v) is 16.6. The van der Waals surface area contributed by atoms with Gasteiger partial charge in [0, 0.05) is 6.04 Å². The van der Waals surface area contributed by atoms with E-state index in [9.17, 15) is 4.79 Å². The zero-order chi connectivity index (χ0) is 20.8. The summed E-state index contributed by atoms with van der Waals surface area (Å²) in [7, 11) is 3.03. The fourth-order valence-electron chi connectivity index (χ4n) is 3.35. The van der Waals surface area contributed by atoms with Crippen molar-refractivity contribution in [3.8, 4) is 11.6 Å². The topological polar surface area (TPSA) is 138 Å². The molecule has 1 aliphatic carbocycles. The summed E-state index contributed by atoms with van der Waals surface area (Å²) < 4.78 is 10.4. The summed E-state index contributed by atoms with van der Waals surface area (Å²) in [6, 6.07) is 5.27. The third-order valence-electron chi connectivity index (χ3n) is 4.94. The van der Waals surface area contributed by atoms with Crippen molar-refractivity contribution < 1.29 is 14.3 Å². The molecule has 9 nitrogen and oxygen atoms in total. The van der Waals surface area contributed by atoms with Gasteiger partial charge in [0.15, 0.2) is 11.4 Å². The number of rotatable bonds is 7. The first-order valence-electron chi connectivity index (χ1n) is 9.49. The third-order valence-corrected chi connectivity index (χ3v) is 4.94. The largest absolute Gasteiger partial charge is 0.491 e. The van der Waals surface area contributed by atoms with E-state index in [0.717, 1.165) is 12.8 Å². The maximum Gasteiger partial charge on any atom is 0.271 e. The van der Waals surface area contributed by atoms with Crippen LogP contribution in [0, 0.1) is 5.92 Å². The number of anilines is 2. The number of methoxy groups -OCH3 is 2. The van der Waals surface area contributed by atoms with Crippen molar-refractivity contribution in [3.63, 3.8) is 0 Å². The average Bonchev–Trinajstić information content (AvgIpc) is 2.73. The minimum Gasteiger partial charge on any atom is -0.491 e. The monoisotopic (exact) mass is 398 g/mol. The molecule has 9 heteroatoms. The number of carbonyl (C=O) groups is 1. The summed E-state index contributed by atoms with van der Waals surface area (Å²) in [6.07, 6.45) is 8.37. The van der Waals surface area contributed by atoms with E-state index >= 15 is 0 Å². The molecular formula is C20H26N6O3. The number of primary amides is 1. The van der Waals surface area contributed by atoms with Crippen molar-refractivity contribution in [2.24, 2.45) is 17.4 Å². The lowest BCUT2D eigenvalue weighted by molar-refractivity contribution is 0.0995. The molecule has 2 atom stereocenters. The van der Waals surface area contributed by atoms with Crippen LogP contribution in [0.3, 0.4) is 0 Å². The number of nitrogens with zero attached hydrogens (tertiary/aromatic N) is 3. The SMILES string of the molecule is COc1ccc(Nc2cc(C=CC3CCCCC3N)nnc2C(N)=O)nc1OC. The lowest BCUT2D eigenvalue weighted by Gasteiger charge is -2.25. The Morgan fingerprint density at radius 3 is 2.69 bits per heavy atom. The van der Waals surface area contributed by atoms with Gasteiger partial charge in [0.25, 0.3) is 11.8 Å². The fraction of sp³-hybridized carbons (Fsp3) is 0.400. The van der Waals surface area contributed by atoms with Gasteiger partial charge in [-0.1, -0.05) is 18.9 Å². The Morgan fingerprint density at radius 2 is 2.00 bits per heavy atom. The van der Waals surface area contributed by atoms with Gasteiger partial charge >= 0.3 is 0 Å². The van der Waals surface area contributed by atoms with Gasteiger partial charge in [0.2, 0.25) is 0 Å². The standard InChI is InChI=1S/C20H26N6O3/c1-28-16-9-10-17(24-20(16)29-2)23-15-11-13(25-26-18(15)19(22)27)8-7-12-5-3-4-6-14(12)21/h7-12,14H,3-6,21H2,1-2H3,(H2,22,27)(H,23,24,25). The number of hydrogen-bond acceptors (Lipinski definition) is 8. The highest BCUT2D eigenvalue weighted by Crippen LogP contribution is 2.28. The number of nitrogens with one attached hydrogen (secondary N) is 1. The first-order chi connectivity index (χ1) is 14.0. The van der Waals surface area contributed by atoms with Crippen molar-refractivity contribution in [2.45, 2.75) is 31.7 Å². The number of hydrogen-bond donors (Lipinski definition) is 3. The molecule has 1 amide bonds. The molecule has 0 saturated heterocycles. The van der Waals surface area contributed by atoms with Gasteiger partial charge in [-0.05, 0) is 43.0 Å². The molecule has 1 saturated carbocycles. The molecule has 2 heterocycles. The van der Waals surface area contributed by atoms with Crippen LogP contribution in [0.1, 0.15) is 41.9 Å². The van der Waals surface area contributed by atoms with E-state index in [1.807, 2.05) is 6.08 Å². The number of ether oxygens (including phenoxy) is 2. The van der Waals surface area contributed by atoms with Crippen LogP contribution in [0.4, 0.5) is 11.5 Å². The van der Waals surface area contributed by atoms with E-state index in [0.29, 0.717) is 34.7 Å². The molecule has 29 heavy (non-hydrogen) atoms. The Labute approximate surface area is 169 Å². The van der Waals surface area contributed by atoms with Crippen LogP contribution < -0.4 is 26.3 Å². The van der Waals surface area contributed by atoms with E-state index in [4.69, 9.17) is 20.9 Å². The first kappa shape index (κ1) is 20.5. The average molecular weight is 398 g/mol. The summed E-state index contributed by atoms with van der Waals surface area (Å²) in [5.74, 6) is 0.873. The van der Waals surface area contributed by atoms with E-state index in [2.05, 4.69) is 26.6 Å². The van der Waals surface area contributed by atoms with Crippen molar-refractivity contribution in [1.29, 1.82) is 0 Å². The minimum atomic E-state index is -0.690. The second-order valence-corrected chi connectivity index (χ2v) is 6.90. The Balaban J connectivity index is 1.86. The summed E-state index contributed by atoms with van der Waals surface area (Å²) >= 11 is 0. The molecule has 2 aromatic rings. The predicted octanol–water partition coefficient (Wildman–Crippen LogP) is 2.26. The number of aromatic nitrogens is 3. The molecule has 1 aliphatic rings. The zero-order valence-electron chi connectivity index (χ0n) is 16.6. The van der Waals surface area contributed by atoms with Gasteiger partial charge in [0.05, 0.1) is 25.6 Å². The van der Waals surface area contributed by atoms with Gasteiger partial charge in [-0.25, -0.2) is 0 Å². The summed E-state index contributed by atoms with van der Waals surface area (Å²) in [4.78, 5) is 16.1.